The minimum Gasteiger partial charge on any atom is -0.496 e. The molecule has 2 heterocycles. The van der Waals surface area contributed by atoms with Gasteiger partial charge in [-0.1, -0.05) is 35.9 Å². The van der Waals surface area contributed by atoms with Crippen LogP contribution in [-0.2, 0) is 12.7 Å². The van der Waals surface area contributed by atoms with Crippen molar-refractivity contribution < 1.29 is 22.3 Å². The number of benzene rings is 2. The molecule has 33 heavy (non-hydrogen) atoms. The van der Waals surface area contributed by atoms with Crippen molar-refractivity contribution in [1.29, 1.82) is 0 Å². The normalized spacial score (nSPS) is 11.2. The number of halogens is 6. The maximum Gasteiger partial charge on any atom is 0.433 e. The average molecular weight is 498 g/mol. The van der Waals surface area contributed by atoms with Crippen LogP contribution in [0.5, 0.6) is 5.75 Å². The lowest BCUT2D eigenvalue weighted by Gasteiger charge is -2.15. The lowest BCUT2D eigenvalue weighted by Crippen LogP contribution is -2.16. The SMILES string of the molecule is COc1ccc(Cn2nc(-c3ccccn3)cc2C(F)(F)F)c(F)c1-c1cccc(Cl)c1.Cl. The average Bonchev–Trinajstić information content (AvgIpc) is 3.20. The van der Waals surface area contributed by atoms with Crippen LogP contribution in [0.15, 0.2) is 66.9 Å². The first kappa shape index (κ1) is 24.5. The molecule has 0 aliphatic carbocycles. The second-order valence-electron chi connectivity index (χ2n) is 6.91. The minimum atomic E-state index is -4.68. The molecule has 4 nitrogen and oxygen atoms in total. The Balaban J connectivity index is 0.00000306. The topological polar surface area (TPSA) is 39.9 Å². The summed E-state index contributed by atoms with van der Waals surface area (Å²) < 4.78 is 62.6. The lowest BCUT2D eigenvalue weighted by molar-refractivity contribution is -0.144. The van der Waals surface area contributed by atoms with E-state index in [-0.39, 0.29) is 40.7 Å². The Hall–Kier alpha value is -3.10. The van der Waals surface area contributed by atoms with Crippen LogP contribution in [0.2, 0.25) is 5.02 Å². The van der Waals surface area contributed by atoms with Gasteiger partial charge in [-0.05, 0) is 42.0 Å². The number of methoxy groups -OCH3 is 1. The fourth-order valence-corrected chi connectivity index (χ4v) is 3.56. The van der Waals surface area contributed by atoms with E-state index < -0.39 is 24.2 Å². The van der Waals surface area contributed by atoms with Gasteiger partial charge in [0.05, 0.1) is 24.9 Å². The van der Waals surface area contributed by atoms with Gasteiger partial charge in [-0.3, -0.25) is 9.67 Å². The van der Waals surface area contributed by atoms with Crippen LogP contribution in [0.25, 0.3) is 22.5 Å². The van der Waals surface area contributed by atoms with Crippen molar-refractivity contribution in [2.75, 3.05) is 7.11 Å². The third kappa shape index (κ3) is 5.12. The van der Waals surface area contributed by atoms with E-state index in [0.717, 1.165) is 10.7 Å². The highest BCUT2D eigenvalue weighted by atomic mass is 35.5. The fraction of sp³-hybridized carbons (Fsp3) is 0.130. The molecule has 0 N–H and O–H groups in total. The van der Waals surface area contributed by atoms with Crippen molar-refractivity contribution in [3.63, 3.8) is 0 Å². The summed E-state index contributed by atoms with van der Waals surface area (Å²) in [5.41, 5.74) is -0.106. The number of rotatable bonds is 5. The maximum atomic E-state index is 15.5. The van der Waals surface area contributed by atoms with Crippen molar-refractivity contribution >= 4 is 24.0 Å². The van der Waals surface area contributed by atoms with Crippen LogP contribution < -0.4 is 4.74 Å². The van der Waals surface area contributed by atoms with Gasteiger partial charge in [0.25, 0.3) is 0 Å². The lowest BCUT2D eigenvalue weighted by atomic mass is 10.0. The molecule has 0 atom stereocenters. The van der Waals surface area contributed by atoms with E-state index in [1.807, 2.05) is 0 Å². The van der Waals surface area contributed by atoms with Crippen LogP contribution in [0.3, 0.4) is 0 Å². The summed E-state index contributed by atoms with van der Waals surface area (Å²) in [5, 5.41) is 4.45. The van der Waals surface area contributed by atoms with Crippen LogP contribution in [0.4, 0.5) is 17.6 Å². The summed E-state index contributed by atoms with van der Waals surface area (Å²) in [6.45, 7) is -0.439. The third-order valence-electron chi connectivity index (χ3n) is 4.83. The molecule has 0 bridgehead atoms. The highest BCUT2D eigenvalue weighted by molar-refractivity contribution is 6.30. The van der Waals surface area contributed by atoms with E-state index in [1.165, 1.54) is 25.4 Å². The summed E-state index contributed by atoms with van der Waals surface area (Å²) in [4.78, 5) is 4.05. The molecule has 0 amide bonds. The quantitative estimate of drug-likeness (QED) is 0.281. The monoisotopic (exact) mass is 497 g/mol. The molecule has 0 saturated carbocycles. The van der Waals surface area contributed by atoms with Crippen molar-refractivity contribution in [2.45, 2.75) is 12.7 Å². The molecule has 4 rings (SSSR count). The molecular weight excluding hydrogens is 481 g/mol. The Morgan fingerprint density at radius 3 is 2.42 bits per heavy atom. The molecule has 0 saturated heterocycles. The molecule has 10 heteroatoms. The summed E-state index contributed by atoms with van der Waals surface area (Å²) in [6, 6.07) is 15.1. The summed E-state index contributed by atoms with van der Waals surface area (Å²) in [5.74, 6) is -0.478. The smallest absolute Gasteiger partial charge is 0.433 e. The van der Waals surface area contributed by atoms with Gasteiger partial charge < -0.3 is 4.74 Å². The van der Waals surface area contributed by atoms with Gasteiger partial charge in [0.15, 0.2) is 0 Å². The first-order chi connectivity index (χ1) is 15.3. The molecule has 0 aliphatic heterocycles. The Morgan fingerprint density at radius 2 is 1.79 bits per heavy atom. The number of hydrogen-bond acceptors (Lipinski definition) is 3. The molecule has 4 aromatic rings. The van der Waals surface area contributed by atoms with Gasteiger partial charge in [0, 0.05) is 16.8 Å². The van der Waals surface area contributed by atoms with Gasteiger partial charge in [-0.15, -0.1) is 12.4 Å². The Labute approximate surface area is 198 Å². The largest absolute Gasteiger partial charge is 0.496 e. The molecule has 0 fully saturated rings. The molecule has 0 aliphatic rings. The Bertz CT molecular complexity index is 1260. The predicted molar refractivity (Wildman–Crippen MR) is 120 cm³/mol. The van der Waals surface area contributed by atoms with E-state index in [2.05, 4.69) is 10.1 Å². The summed E-state index contributed by atoms with van der Waals surface area (Å²) in [7, 11) is 1.39. The number of hydrogen-bond donors (Lipinski definition) is 0. The highest BCUT2D eigenvalue weighted by Gasteiger charge is 2.36. The Morgan fingerprint density at radius 1 is 1.00 bits per heavy atom. The minimum absolute atomic E-state index is 0. The van der Waals surface area contributed by atoms with Crippen LogP contribution in [0, 0.1) is 5.82 Å². The number of ether oxygens (including phenoxy) is 1. The zero-order valence-corrected chi connectivity index (χ0v) is 18.7. The number of nitrogens with zero attached hydrogens (tertiary/aromatic N) is 3. The zero-order valence-electron chi connectivity index (χ0n) is 17.1. The van der Waals surface area contributed by atoms with Crippen LogP contribution in [-0.4, -0.2) is 21.9 Å². The third-order valence-corrected chi connectivity index (χ3v) is 5.07. The zero-order chi connectivity index (χ0) is 22.9. The van der Waals surface area contributed by atoms with Gasteiger partial charge >= 0.3 is 6.18 Å². The maximum absolute atomic E-state index is 15.5. The van der Waals surface area contributed by atoms with Crippen molar-refractivity contribution in [2.24, 2.45) is 0 Å². The second-order valence-corrected chi connectivity index (χ2v) is 7.35. The van der Waals surface area contributed by atoms with E-state index in [0.29, 0.717) is 10.6 Å². The number of alkyl halides is 3. The van der Waals surface area contributed by atoms with Crippen molar-refractivity contribution in [3.8, 4) is 28.3 Å². The molecule has 0 spiro atoms. The molecule has 172 valence electrons. The number of pyridine rings is 1. The second kappa shape index (κ2) is 9.80. The molecule has 0 radical (unpaired) electrons. The predicted octanol–water partition coefficient (Wildman–Crippen LogP) is 6.90. The highest BCUT2D eigenvalue weighted by Crippen LogP contribution is 2.37. The van der Waals surface area contributed by atoms with Crippen molar-refractivity contribution in [3.05, 3.63) is 89.0 Å². The van der Waals surface area contributed by atoms with Gasteiger partial charge in [-0.2, -0.15) is 18.3 Å². The first-order valence-electron chi connectivity index (χ1n) is 9.45. The van der Waals surface area contributed by atoms with Crippen LogP contribution >= 0.6 is 24.0 Å². The van der Waals surface area contributed by atoms with Gasteiger partial charge in [0.2, 0.25) is 0 Å². The first-order valence-corrected chi connectivity index (χ1v) is 9.83. The Kier molecular flexibility index (Phi) is 7.29. The van der Waals surface area contributed by atoms with Crippen molar-refractivity contribution in [1.82, 2.24) is 14.8 Å². The van der Waals surface area contributed by atoms with E-state index in [1.54, 1.807) is 42.5 Å². The van der Waals surface area contributed by atoms with Gasteiger partial charge in [-0.25, -0.2) is 4.39 Å². The van der Waals surface area contributed by atoms with E-state index >= 15 is 4.39 Å². The summed E-state index contributed by atoms with van der Waals surface area (Å²) >= 11 is 6.04. The fourth-order valence-electron chi connectivity index (χ4n) is 3.37. The molecule has 2 aromatic heterocycles. The molecule has 0 unspecified atom stereocenters. The standard InChI is InChI=1S/C23H16ClF4N3O.ClH/c1-32-19-9-8-15(22(25)21(19)14-5-4-6-16(24)11-14)13-31-20(23(26,27)28)12-18(30-31)17-7-2-3-10-29-17;/h2-12H,13H2,1H3;1H. The van der Waals surface area contributed by atoms with E-state index in [4.69, 9.17) is 16.3 Å². The molecule has 2 aromatic carbocycles. The van der Waals surface area contributed by atoms with Gasteiger partial charge in [0.1, 0.15) is 23.0 Å². The van der Waals surface area contributed by atoms with Crippen LogP contribution in [0.1, 0.15) is 11.3 Å². The van der Waals surface area contributed by atoms with E-state index in [9.17, 15) is 13.2 Å². The number of aromatic nitrogens is 3. The summed E-state index contributed by atoms with van der Waals surface area (Å²) in [6.07, 6.45) is -3.22. The molecular formula is C23H17Cl2F4N3O.